The van der Waals surface area contributed by atoms with Crippen molar-refractivity contribution in [3.8, 4) is 0 Å². The molecule has 0 spiro atoms. The molecule has 4 rings (SSSR count). The molecule has 10 nitrogen and oxygen atoms in total. The molecule has 1 aromatic rings. The van der Waals surface area contributed by atoms with Crippen LogP contribution in [0, 0.1) is 0 Å². The van der Waals surface area contributed by atoms with Crippen molar-refractivity contribution in [1.82, 2.24) is 9.55 Å². The van der Waals surface area contributed by atoms with Crippen LogP contribution in [-0.4, -0.2) is 62.1 Å². The Kier molecular flexibility index (Phi) is 5.56. The molecule has 1 aliphatic heterocycles. The molecule has 2 aliphatic carbocycles. The molecule has 3 N–H and O–H groups in total. The summed E-state index contributed by atoms with van der Waals surface area (Å²) in [6, 6.07) is 0.990. The summed E-state index contributed by atoms with van der Waals surface area (Å²) in [7, 11) is 0. The second kappa shape index (κ2) is 7.88. The normalized spacial score (nSPS) is 33.4. The van der Waals surface area contributed by atoms with Crippen LogP contribution in [0.1, 0.15) is 51.2 Å². The van der Waals surface area contributed by atoms with Crippen LogP contribution in [0.15, 0.2) is 21.9 Å². The minimum Gasteiger partial charge on any atom is -0.457 e. The van der Waals surface area contributed by atoms with E-state index in [0.717, 1.165) is 48.9 Å². The van der Waals surface area contributed by atoms with E-state index in [-0.39, 0.29) is 6.10 Å². The highest BCUT2D eigenvalue weighted by atomic mass is 19.2. The van der Waals surface area contributed by atoms with Gasteiger partial charge in [0.2, 0.25) is 0 Å². The molecule has 1 saturated heterocycles. The van der Waals surface area contributed by atoms with Crippen molar-refractivity contribution >= 4 is 5.97 Å². The molecule has 3 aliphatic rings. The monoisotopic (exact) mass is 428 g/mol. The van der Waals surface area contributed by atoms with E-state index < -0.39 is 53.7 Å². The number of nitrogens with zero attached hydrogens (tertiary/aromatic N) is 1. The Morgan fingerprint density at radius 3 is 2.57 bits per heavy atom. The number of carbonyl (C=O) groups is 1. The van der Waals surface area contributed by atoms with E-state index in [1.807, 2.05) is 4.98 Å². The lowest BCUT2D eigenvalue weighted by atomic mass is 9.93. The van der Waals surface area contributed by atoms with Gasteiger partial charge in [0, 0.05) is 12.3 Å². The maximum absolute atomic E-state index is 15.3. The van der Waals surface area contributed by atoms with E-state index in [1.165, 1.54) is 0 Å². The van der Waals surface area contributed by atoms with Gasteiger partial charge in [0.05, 0.1) is 6.10 Å². The maximum atomic E-state index is 15.3. The fourth-order valence-electron chi connectivity index (χ4n) is 4.14. The Labute approximate surface area is 170 Å². The molecule has 2 saturated carbocycles. The van der Waals surface area contributed by atoms with Crippen LogP contribution in [0.2, 0.25) is 0 Å². The summed E-state index contributed by atoms with van der Waals surface area (Å²) in [5, 5.41) is 20.4. The van der Waals surface area contributed by atoms with Gasteiger partial charge < -0.3 is 24.4 Å². The number of aliphatic hydroxyl groups is 2. The largest absolute Gasteiger partial charge is 0.457 e. The molecule has 2 heterocycles. The first-order chi connectivity index (χ1) is 14.2. The topological polar surface area (TPSA) is 140 Å². The number of aromatic amines is 1. The first-order valence-corrected chi connectivity index (χ1v) is 10.1. The molecule has 0 aromatic carbocycles. The Morgan fingerprint density at radius 1 is 1.27 bits per heavy atom. The predicted octanol–water partition coefficient (Wildman–Crippen LogP) is -0.122. The van der Waals surface area contributed by atoms with Gasteiger partial charge in [0.1, 0.15) is 12.2 Å². The molecule has 30 heavy (non-hydrogen) atoms. The highest BCUT2D eigenvalue weighted by Gasteiger charge is 2.58. The van der Waals surface area contributed by atoms with E-state index in [0.29, 0.717) is 12.8 Å². The highest BCUT2D eigenvalue weighted by molar-refractivity contribution is 5.80. The Morgan fingerprint density at radius 2 is 1.97 bits per heavy atom. The Hall–Kier alpha value is -2.08. The fourth-order valence-corrected chi connectivity index (χ4v) is 4.14. The number of hydrogen-bond acceptors (Lipinski definition) is 8. The van der Waals surface area contributed by atoms with Crippen LogP contribution in [0.4, 0.5) is 4.39 Å². The van der Waals surface area contributed by atoms with Gasteiger partial charge in [-0.2, -0.15) is 0 Å². The van der Waals surface area contributed by atoms with Crippen molar-refractivity contribution in [2.24, 2.45) is 0 Å². The number of H-pyrrole nitrogens is 1. The number of carbonyl (C=O) groups excluding carboxylic acids is 1. The summed E-state index contributed by atoms with van der Waals surface area (Å²) in [6.45, 7) is -0.978. The van der Waals surface area contributed by atoms with Gasteiger partial charge in [-0.3, -0.25) is 14.3 Å². The molecular weight excluding hydrogens is 403 g/mol. The zero-order valence-electron chi connectivity index (χ0n) is 16.3. The third-order valence-corrected chi connectivity index (χ3v) is 6.13. The SMILES string of the molecule is O=C(OC[C@@]1(F)O[C@@H](n2ccc(=O)[nH]c2=O)[C@H](O)[C@@H]1O)C1(OC2CCC2)CCCC1. The van der Waals surface area contributed by atoms with Gasteiger partial charge in [-0.1, -0.05) is 0 Å². The third-order valence-electron chi connectivity index (χ3n) is 6.13. The molecule has 166 valence electrons. The predicted molar refractivity (Wildman–Crippen MR) is 98.2 cm³/mol. The Bertz CT molecular complexity index is 906. The first kappa shape index (κ1) is 21.2. The van der Waals surface area contributed by atoms with Crippen LogP contribution < -0.4 is 11.2 Å². The van der Waals surface area contributed by atoms with E-state index >= 15 is 4.39 Å². The zero-order valence-corrected chi connectivity index (χ0v) is 16.3. The highest BCUT2D eigenvalue weighted by Crippen LogP contribution is 2.41. The first-order valence-electron chi connectivity index (χ1n) is 10.1. The van der Waals surface area contributed by atoms with Crippen LogP contribution >= 0.6 is 0 Å². The summed E-state index contributed by atoms with van der Waals surface area (Å²) >= 11 is 0. The van der Waals surface area contributed by atoms with Gasteiger partial charge in [-0.05, 0) is 44.9 Å². The van der Waals surface area contributed by atoms with Gasteiger partial charge in [0.15, 0.2) is 18.4 Å². The van der Waals surface area contributed by atoms with Gasteiger partial charge in [-0.25, -0.2) is 14.0 Å². The molecule has 0 unspecified atom stereocenters. The van der Waals surface area contributed by atoms with Crippen molar-refractivity contribution in [3.05, 3.63) is 33.1 Å². The van der Waals surface area contributed by atoms with Crippen molar-refractivity contribution in [1.29, 1.82) is 0 Å². The minimum atomic E-state index is -2.94. The summed E-state index contributed by atoms with van der Waals surface area (Å²) in [5.41, 5.74) is -2.75. The quantitative estimate of drug-likeness (QED) is 0.533. The van der Waals surface area contributed by atoms with E-state index in [9.17, 15) is 24.6 Å². The number of aromatic nitrogens is 2. The summed E-state index contributed by atoms with van der Waals surface area (Å²) in [6.07, 6.45) is 0.775. The molecule has 4 atom stereocenters. The van der Waals surface area contributed by atoms with Gasteiger partial charge >= 0.3 is 11.7 Å². The average Bonchev–Trinajstić information content (AvgIpc) is 3.24. The van der Waals surface area contributed by atoms with Crippen LogP contribution in [0.3, 0.4) is 0 Å². The maximum Gasteiger partial charge on any atom is 0.338 e. The number of esters is 1. The molecular formula is C19H25FN2O8. The van der Waals surface area contributed by atoms with E-state index in [4.69, 9.17) is 14.2 Å². The smallest absolute Gasteiger partial charge is 0.338 e. The second-order valence-electron chi connectivity index (χ2n) is 8.20. The lowest BCUT2D eigenvalue weighted by molar-refractivity contribution is -0.228. The van der Waals surface area contributed by atoms with Gasteiger partial charge in [0.25, 0.3) is 11.4 Å². The summed E-state index contributed by atoms with van der Waals surface area (Å²) in [4.78, 5) is 37.8. The molecule has 3 fully saturated rings. The van der Waals surface area contributed by atoms with Crippen LogP contribution in [0.5, 0.6) is 0 Å². The number of halogens is 1. The second-order valence-corrected chi connectivity index (χ2v) is 8.20. The van der Waals surface area contributed by atoms with Crippen LogP contribution in [-0.2, 0) is 19.0 Å². The van der Waals surface area contributed by atoms with E-state index in [2.05, 4.69) is 0 Å². The summed E-state index contributed by atoms with van der Waals surface area (Å²) in [5.74, 6) is -3.66. The number of alkyl halides is 1. The molecule has 0 radical (unpaired) electrons. The molecule has 11 heteroatoms. The lowest BCUT2D eigenvalue weighted by Crippen LogP contribution is -2.48. The number of nitrogens with one attached hydrogen (secondary N) is 1. The van der Waals surface area contributed by atoms with Crippen LogP contribution in [0.25, 0.3) is 0 Å². The lowest BCUT2D eigenvalue weighted by Gasteiger charge is -2.36. The standard InChI is InChI=1S/C19H25FN2O8/c20-19(10-28-16(26)18(7-1-2-8-18)29-11-4-3-5-11)14(25)13(24)15(30-19)22-9-6-12(23)21-17(22)27/h6,9,11,13-15,24-25H,1-5,7-8,10H2,(H,21,23,27)/t13-,14+,15-,19-/m1/s1. The van der Waals surface area contributed by atoms with Crippen molar-refractivity contribution in [3.63, 3.8) is 0 Å². The molecule has 1 aromatic heterocycles. The fraction of sp³-hybridized carbons (Fsp3) is 0.737. The van der Waals surface area contributed by atoms with Gasteiger partial charge in [-0.15, -0.1) is 0 Å². The number of ether oxygens (including phenoxy) is 3. The number of rotatable bonds is 6. The van der Waals surface area contributed by atoms with Crippen molar-refractivity contribution < 1.29 is 33.6 Å². The van der Waals surface area contributed by atoms with E-state index in [1.54, 1.807) is 0 Å². The summed E-state index contributed by atoms with van der Waals surface area (Å²) < 4.78 is 32.3. The van der Waals surface area contributed by atoms with Crippen molar-refractivity contribution in [2.75, 3.05) is 6.61 Å². The number of hydrogen-bond donors (Lipinski definition) is 3. The average molecular weight is 428 g/mol. The molecule has 0 bridgehead atoms. The minimum absolute atomic E-state index is 0.0124. The Balaban J connectivity index is 1.46. The molecule has 0 amide bonds. The zero-order chi connectivity index (χ0) is 21.5. The number of aliphatic hydroxyl groups excluding tert-OH is 2. The third kappa shape index (κ3) is 3.70. The van der Waals surface area contributed by atoms with Crippen molar-refractivity contribution in [2.45, 2.75) is 80.9 Å².